The van der Waals surface area contributed by atoms with Crippen molar-refractivity contribution in [1.82, 2.24) is 4.98 Å². The molecule has 0 spiro atoms. The van der Waals surface area contributed by atoms with Crippen LogP contribution in [0.4, 0.5) is 17.6 Å². The highest BCUT2D eigenvalue weighted by molar-refractivity contribution is 5.24. The lowest BCUT2D eigenvalue weighted by Crippen LogP contribution is -2.18. The summed E-state index contributed by atoms with van der Waals surface area (Å²) < 4.78 is 55.6. The van der Waals surface area contributed by atoms with E-state index >= 15 is 0 Å². The number of rotatable bonds is 2. The first-order valence-electron chi connectivity index (χ1n) is 3.38. The van der Waals surface area contributed by atoms with Crippen molar-refractivity contribution in [2.45, 2.75) is 6.36 Å². The molecule has 1 heterocycles. The van der Waals surface area contributed by atoms with Crippen molar-refractivity contribution in [2.24, 2.45) is 0 Å². The van der Waals surface area contributed by atoms with Gasteiger partial charge in [-0.1, -0.05) is 0 Å². The van der Waals surface area contributed by atoms with Gasteiger partial charge in [0.15, 0.2) is 5.75 Å². The van der Waals surface area contributed by atoms with Crippen molar-refractivity contribution in [1.29, 1.82) is 0 Å². The first-order valence-corrected chi connectivity index (χ1v) is 3.38. The van der Waals surface area contributed by atoms with Crippen LogP contribution in [0, 0.1) is 5.95 Å². The zero-order chi connectivity index (χ0) is 10.8. The number of pyridine rings is 1. The third-order valence-electron chi connectivity index (χ3n) is 1.22. The van der Waals surface area contributed by atoms with Gasteiger partial charge in [0.2, 0.25) is 5.88 Å². The van der Waals surface area contributed by atoms with Crippen LogP contribution in [0.1, 0.15) is 0 Å². The highest BCUT2D eigenvalue weighted by Crippen LogP contribution is 2.25. The summed E-state index contributed by atoms with van der Waals surface area (Å²) in [5.74, 6) is -2.49. The highest BCUT2D eigenvalue weighted by Gasteiger charge is 2.32. The molecule has 0 atom stereocenters. The third kappa shape index (κ3) is 2.75. The van der Waals surface area contributed by atoms with Crippen LogP contribution in [-0.4, -0.2) is 18.5 Å². The van der Waals surface area contributed by atoms with Crippen molar-refractivity contribution >= 4 is 0 Å². The number of hydrogen-bond donors (Lipinski definition) is 0. The van der Waals surface area contributed by atoms with Gasteiger partial charge in [0.1, 0.15) is 0 Å². The fraction of sp³-hybridized carbons (Fsp3) is 0.286. The van der Waals surface area contributed by atoms with Crippen LogP contribution in [0.15, 0.2) is 12.1 Å². The second kappa shape index (κ2) is 3.69. The SMILES string of the molecule is COc1ccc(OC(F)(F)F)c(F)n1. The Labute approximate surface area is 76.3 Å². The number of methoxy groups -OCH3 is 1. The Balaban J connectivity index is 2.89. The predicted octanol–water partition coefficient (Wildman–Crippen LogP) is 2.13. The molecule has 0 saturated heterocycles. The van der Waals surface area contributed by atoms with E-state index in [0.29, 0.717) is 0 Å². The molecule has 0 unspecified atom stereocenters. The van der Waals surface area contributed by atoms with E-state index in [4.69, 9.17) is 0 Å². The topological polar surface area (TPSA) is 31.4 Å². The third-order valence-corrected chi connectivity index (χ3v) is 1.22. The summed E-state index contributed by atoms with van der Waals surface area (Å²) in [5.41, 5.74) is 0. The number of halogens is 4. The summed E-state index contributed by atoms with van der Waals surface area (Å²) in [7, 11) is 1.21. The van der Waals surface area contributed by atoms with Gasteiger partial charge in [0.25, 0.3) is 5.95 Å². The number of nitrogens with zero attached hydrogens (tertiary/aromatic N) is 1. The number of hydrogen-bond acceptors (Lipinski definition) is 3. The molecule has 0 aliphatic rings. The first kappa shape index (κ1) is 10.6. The average molecular weight is 211 g/mol. The molecule has 3 nitrogen and oxygen atoms in total. The molecular weight excluding hydrogens is 206 g/mol. The zero-order valence-corrected chi connectivity index (χ0v) is 6.93. The smallest absolute Gasteiger partial charge is 0.481 e. The van der Waals surface area contributed by atoms with Gasteiger partial charge in [-0.15, -0.1) is 13.2 Å². The summed E-state index contributed by atoms with van der Waals surface area (Å²) in [5, 5.41) is 0. The van der Waals surface area contributed by atoms with E-state index < -0.39 is 18.1 Å². The van der Waals surface area contributed by atoms with Crippen molar-refractivity contribution < 1.29 is 27.0 Å². The van der Waals surface area contributed by atoms with Gasteiger partial charge in [-0.3, -0.25) is 0 Å². The van der Waals surface area contributed by atoms with E-state index in [1.807, 2.05) is 0 Å². The van der Waals surface area contributed by atoms with E-state index in [1.54, 1.807) is 0 Å². The maximum absolute atomic E-state index is 12.8. The van der Waals surface area contributed by atoms with Gasteiger partial charge in [-0.2, -0.15) is 9.37 Å². The molecule has 1 rings (SSSR count). The van der Waals surface area contributed by atoms with E-state index in [9.17, 15) is 17.6 Å². The molecule has 7 heteroatoms. The number of aromatic nitrogens is 1. The van der Waals surface area contributed by atoms with E-state index in [2.05, 4.69) is 14.5 Å². The fourth-order valence-electron chi connectivity index (χ4n) is 0.719. The minimum absolute atomic E-state index is 0.128. The standard InChI is InChI=1S/C7H5F4NO2/c1-13-5-3-2-4(6(8)12-5)14-7(9,10)11/h2-3H,1H3. The molecule has 0 aromatic carbocycles. The van der Waals surface area contributed by atoms with E-state index in [-0.39, 0.29) is 5.88 Å². The summed E-state index contributed by atoms with van der Waals surface area (Å²) >= 11 is 0. The second-order valence-corrected chi connectivity index (χ2v) is 2.19. The van der Waals surface area contributed by atoms with Gasteiger partial charge < -0.3 is 9.47 Å². The molecule has 0 N–H and O–H groups in total. The minimum Gasteiger partial charge on any atom is -0.481 e. The Kier molecular flexibility index (Phi) is 2.78. The molecule has 0 fully saturated rings. The zero-order valence-electron chi connectivity index (χ0n) is 6.93. The predicted molar refractivity (Wildman–Crippen MR) is 37.4 cm³/mol. The van der Waals surface area contributed by atoms with Gasteiger partial charge in [-0.25, -0.2) is 0 Å². The van der Waals surface area contributed by atoms with Crippen LogP contribution in [0.3, 0.4) is 0 Å². The van der Waals surface area contributed by atoms with Crippen LogP contribution < -0.4 is 9.47 Å². The highest BCUT2D eigenvalue weighted by atomic mass is 19.4. The lowest BCUT2D eigenvalue weighted by atomic mass is 10.4. The monoisotopic (exact) mass is 211 g/mol. The number of alkyl halides is 3. The largest absolute Gasteiger partial charge is 0.573 e. The van der Waals surface area contributed by atoms with Crippen molar-refractivity contribution in [3.63, 3.8) is 0 Å². The summed E-state index contributed by atoms with van der Waals surface area (Å²) in [6, 6.07) is 1.85. The molecule has 0 saturated carbocycles. The van der Waals surface area contributed by atoms with Crippen LogP contribution >= 0.6 is 0 Å². The Bertz CT molecular complexity index is 326. The van der Waals surface area contributed by atoms with Gasteiger partial charge >= 0.3 is 6.36 Å². The van der Waals surface area contributed by atoms with Crippen LogP contribution in [-0.2, 0) is 0 Å². The molecule has 0 aliphatic carbocycles. The fourth-order valence-corrected chi connectivity index (χ4v) is 0.719. The summed E-state index contributed by atoms with van der Waals surface area (Å²) in [6.45, 7) is 0. The van der Waals surface area contributed by atoms with Crippen molar-refractivity contribution in [3.8, 4) is 11.6 Å². The van der Waals surface area contributed by atoms with Crippen LogP contribution in [0.5, 0.6) is 11.6 Å². The Morgan fingerprint density at radius 2 is 1.93 bits per heavy atom. The average Bonchev–Trinajstić information content (AvgIpc) is 2.06. The van der Waals surface area contributed by atoms with Crippen LogP contribution in [0.25, 0.3) is 0 Å². The van der Waals surface area contributed by atoms with E-state index in [1.165, 1.54) is 7.11 Å². The van der Waals surface area contributed by atoms with E-state index in [0.717, 1.165) is 12.1 Å². The summed E-state index contributed by atoms with van der Waals surface area (Å²) in [6.07, 6.45) is -4.93. The Hall–Kier alpha value is -1.53. The van der Waals surface area contributed by atoms with Crippen LogP contribution in [0.2, 0.25) is 0 Å². The molecule has 1 aromatic rings. The van der Waals surface area contributed by atoms with Crippen molar-refractivity contribution in [2.75, 3.05) is 7.11 Å². The lowest BCUT2D eigenvalue weighted by Gasteiger charge is -2.09. The van der Waals surface area contributed by atoms with Gasteiger partial charge in [0.05, 0.1) is 7.11 Å². The van der Waals surface area contributed by atoms with Gasteiger partial charge in [-0.05, 0) is 6.07 Å². The molecule has 0 radical (unpaired) electrons. The normalized spacial score (nSPS) is 11.2. The lowest BCUT2D eigenvalue weighted by molar-refractivity contribution is -0.275. The minimum atomic E-state index is -4.93. The maximum Gasteiger partial charge on any atom is 0.573 e. The molecule has 0 amide bonds. The quantitative estimate of drug-likeness (QED) is 0.554. The number of ether oxygens (including phenoxy) is 2. The second-order valence-electron chi connectivity index (χ2n) is 2.19. The molecular formula is C7H5F4NO2. The summed E-state index contributed by atoms with van der Waals surface area (Å²) in [4.78, 5) is 3.06. The van der Waals surface area contributed by atoms with Crippen molar-refractivity contribution in [3.05, 3.63) is 18.1 Å². The van der Waals surface area contributed by atoms with Gasteiger partial charge in [0, 0.05) is 6.07 Å². The molecule has 14 heavy (non-hydrogen) atoms. The molecule has 78 valence electrons. The maximum atomic E-state index is 12.8. The molecule has 0 aliphatic heterocycles. The molecule has 1 aromatic heterocycles. The molecule has 0 bridgehead atoms. The Morgan fingerprint density at radius 1 is 1.29 bits per heavy atom. The Morgan fingerprint density at radius 3 is 2.36 bits per heavy atom. The first-order chi connectivity index (χ1) is 6.42.